The molecule has 1 spiro atoms. The van der Waals surface area contributed by atoms with Gasteiger partial charge < -0.3 is 14.4 Å². The molecule has 3 rings (SSSR count). The number of carbonyl (C=O) groups excluding carboxylic acids is 2. The fourth-order valence-corrected chi connectivity index (χ4v) is 3.30. The van der Waals surface area contributed by atoms with Gasteiger partial charge in [-0.25, -0.2) is 0 Å². The monoisotopic (exact) mass is 323 g/mol. The van der Waals surface area contributed by atoms with Crippen LogP contribution in [0.3, 0.4) is 0 Å². The van der Waals surface area contributed by atoms with E-state index < -0.39 is 5.60 Å². The minimum absolute atomic E-state index is 0.0216. The van der Waals surface area contributed by atoms with Crippen LogP contribution in [0.25, 0.3) is 0 Å². The predicted octanol–water partition coefficient (Wildman–Crippen LogP) is 2.31. The number of carbonyl (C=O) groups is 2. The number of benzene rings is 1. The number of hydrogen-bond donors (Lipinski definition) is 0. The van der Waals surface area contributed by atoms with E-state index >= 15 is 0 Å². The zero-order valence-corrected chi connectivity index (χ0v) is 13.2. The van der Waals surface area contributed by atoms with Gasteiger partial charge in [-0.2, -0.15) is 0 Å². The average Bonchev–Trinajstić information content (AvgIpc) is 2.49. The Kier molecular flexibility index (Phi) is 4.10. The van der Waals surface area contributed by atoms with Crippen molar-refractivity contribution in [2.45, 2.75) is 24.9 Å². The molecular formula is C16H18ClNO4. The first-order valence-electron chi connectivity index (χ1n) is 7.31. The first-order chi connectivity index (χ1) is 10.5. The highest BCUT2D eigenvalue weighted by Gasteiger charge is 2.43. The van der Waals surface area contributed by atoms with Gasteiger partial charge in [-0.3, -0.25) is 9.59 Å². The Hall–Kier alpha value is -1.59. The lowest BCUT2D eigenvalue weighted by atomic mass is 9.82. The minimum atomic E-state index is -0.498. The van der Waals surface area contributed by atoms with Gasteiger partial charge in [0.15, 0.2) is 5.78 Å². The number of ether oxygens (including phenoxy) is 2. The summed E-state index contributed by atoms with van der Waals surface area (Å²) in [6, 6.07) is 5.13. The molecule has 0 atom stereocenters. The summed E-state index contributed by atoms with van der Waals surface area (Å²) in [4.78, 5) is 26.0. The molecule has 1 aromatic rings. The topological polar surface area (TPSA) is 55.8 Å². The summed E-state index contributed by atoms with van der Waals surface area (Å²) in [5.41, 5.74) is 0.0536. The smallest absolute Gasteiger partial charge is 0.248 e. The normalized spacial score (nSPS) is 19.7. The van der Waals surface area contributed by atoms with Crippen molar-refractivity contribution in [1.82, 2.24) is 4.90 Å². The predicted molar refractivity (Wildman–Crippen MR) is 81.4 cm³/mol. The molecule has 0 bridgehead atoms. The second kappa shape index (κ2) is 5.89. The third-order valence-corrected chi connectivity index (χ3v) is 4.58. The Bertz CT molecular complexity index is 608. The van der Waals surface area contributed by atoms with Gasteiger partial charge in [-0.05, 0) is 18.2 Å². The van der Waals surface area contributed by atoms with Crippen LogP contribution in [0, 0.1) is 0 Å². The Morgan fingerprint density at radius 3 is 2.82 bits per heavy atom. The van der Waals surface area contributed by atoms with Crippen molar-refractivity contribution in [2.75, 3.05) is 26.8 Å². The second-order valence-electron chi connectivity index (χ2n) is 5.84. The minimum Gasteiger partial charge on any atom is -0.486 e. The van der Waals surface area contributed by atoms with E-state index in [-0.39, 0.29) is 18.3 Å². The molecule has 6 heteroatoms. The van der Waals surface area contributed by atoms with Crippen LogP contribution >= 0.6 is 11.6 Å². The van der Waals surface area contributed by atoms with Crippen LogP contribution in [0.5, 0.6) is 5.75 Å². The van der Waals surface area contributed by atoms with E-state index in [1.165, 1.54) is 7.11 Å². The van der Waals surface area contributed by atoms with Gasteiger partial charge in [0.1, 0.15) is 18.0 Å². The van der Waals surface area contributed by atoms with Crippen molar-refractivity contribution >= 4 is 23.3 Å². The lowest BCUT2D eigenvalue weighted by Crippen LogP contribution is -2.52. The first kappa shape index (κ1) is 15.3. The number of nitrogens with zero attached hydrogens (tertiary/aromatic N) is 1. The number of Topliss-reactive ketones (excluding diaryl/α,β-unsaturated/α-hetero) is 1. The lowest BCUT2D eigenvalue weighted by Gasteiger charge is -2.43. The molecule has 118 valence electrons. The molecule has 1 saturated heterocycles. The third kappa shape index (κ3) is 2.83. The maximum absolute atomic E-state index is 12.4. The Morgan fingerprint density at radius 2 is 2.14 bits per heavy atom. The highest BCUT2D eigenvalue weighted by Crippen LogP contribution is 2.40. The van der Waals surface area contributed by atoms with E-state index in [9.17, 15) is 9.59 Å². The van der Waals surface area contributed by atoms with Gasteiger partial charge in [0, 0.05) is 38.1 Å². The fourth-order valence-electron chi connectivity index (χ4n) is 3.12. The Morgan fingerprint density at radius 1 is 1.41 bits per heavy atom. The summed E-state index contributed by atoms with van der Waals surface area (Å²) >= 11 is 5.94. The van der Waals surface area contributed by atoms with Crippen LogP contribution in [0.1, 0.15) is 29.6 Å². The molecule has 2 aliphatic rings. The molecule has 0 saturated carbocycles. The summed E-state index contributed by atoms with van der Waals surface area (Å²) < 4.78 is 11.0. The van der Waals surface area contributed by atoms with E-state index in [0.29, 0.717) is 48.7 Å². The molecule has 0 unspecified atom stereocenters. The second-order valence-corrected chi connectivity index (χ2v) is 6.28. The number of methoxy groups -OCH3 is 1. The molecule has 2 aliphatic heterocycles. The van der Waals surface area contributed by atoms with Gasteiger partial charge >= 0.3 is 0 Å². The fraction of sp³-hybridized carbons (Fsp3) is 0.500. The maximum Gasteiger partial charge on any atom is 0.248 e. The summed E-state index contributed by atoms with van der Waals surface area (Å²) in [5.74, 6) is 0.629. The molecule has 1 aromatic carbocycles. The average molecular weight is 324 g/mol. The van der Waals surface area contributed by atoms with Crippen LogP contribution in [-0.2, 0) is 9.53 Å². The Labute approximate surface area is 134 Å². The number of piperidine rings is 1. The van der Waals surface area contributed by atoms with Gasteiger partial charge in [0.05, 0.1) is 12.0 Å². The molecule has 0 radical (unpaired) electrons. The molecule has 1 fully saturated rings. The number of halogens is 1. The molecule has 0 N–H and O–H groups in total. The summed E-state index contributed by atoms with van der Waals surface area (Å²) in [7, 11) is 1.51. The molecule has 0 aliphatic carbocycles. The van der Waals surface area contributed by atoms with Crippen molar-refractivity contribution < 1.29 is 19.1 Å². The summed E-state index contributed by atoms with van der Waals surface area (Å²) in [6.45, 7) is 1.25. The summed E-state index contributed by atoms with van der Waals surface area (Å²) in [6.07, 6.45) is 1.64. The van der Waals surface area contributed by atoms with Gasteiger partial charge in [-0.15, -0.1) is 0 Å². The molecular weight excluding hydrogens is 306 g/mol. The number of fused-ring (bicyclic) bond motifs is 1. The van der Waals surface area contributed by atoms with Crippen LogP contribution in [0.15, 0.2) is 18.2 Å². The van der Waals surface area contributed by atoms with Crippen LogP contribution in [0.2, 0.25) is 5.02 Å². The zero-order valence-electron chi connectivity index (χ0n) is 12.4. The molecule has 22 heavy (non-hydrogen) atoms. The van der Waals surface area contributed by atoms with E-state index in [2.05, 4.69) is 0 Å². The number of likely N-dealkylation sites (tertiary alicyclic amines) is 1. The lowest BCUT2D eigenvalue weighted by molar-refractivity contribution is -0.138. The number of ketones is 1. The third-order valence-electron chi connectivity index (χ3n) is 4.35. The highest BCUT2D eigenvalue weighted by molar-refractivity contribution is 6.31. The van der Waals surface area contributed by atoms with E-state index in [1.54, 1.807) is 23.1 Å². The zero-order chi connectivity index (χ0) is 15.7. The van der Waals surface area contributed by atoms with Gasteiger partial charge in [0.2, 0.25) is 5.91 Å². The summed E-state index contributed by atoms with van der Waals surface area (Å²) in [5, 5.41) is 0.534. The molecule has 1 amide bonds. The van der Waals surface area contributed by atoms with Crippen LogP contribution < -0.4 is 4.74 Å². The van der Waals surface area contributed by atoms with Crippen molar-refractivity contribution in [3.8, 4) is 5.75 Å². The SMILES string of the molecule is COCC(=O)N1CCC2(CC1)CC(=O)c1cc(Cl)ccc1O2. The maximum atomic E-state index is 12.4. The Balaban J connectivity index is 1.73. The quantitative estimate of drug-likeness (QED) is 0.838. The van der Waals surface area contributed by atoms with Crippen molar-refractivity contribution in [1.29, 1.82) is 0 Å². The highest BCUT2D eigenvalue weighted by atomic mass is 35.5. The molecule has 0 aromatic heterocycles. The number of hydrogen-bond acceptors (Lipinski definition) is 4. The van der Waals surface area contributed by atoms with Gasteiger partial charge in [-0.1, -0.05) is 11.6 Å². The van der Waals surface area contributed by atoms with E-state index in [1.807, 2.05) is 0 Å². The van der Waals surface area contributed by atoms with Gasteiger partial charge in [0.25, 0.3) is 0 Å². The van der Waals surface area contributed by atoms with Crippen LogP contribution in [-0.4, -0.2) is 49.0 Å². The van der Waals surface area contributed by atoms with Crippen LogP contribution in [0.4, 0.5) is 0 Å². The van der Waals surface area contributed by atoms with E-state index in [0.717, 1.165) is 0 Å². The first-order valence-corrected chi connectivity index (χ1v) is 7.69. The van der Waals surface area contributed by atoms with Crippen molar-refractivity contribution in [3.63, 3.8) is 0 Å². The number of rotatable bonds is 2. The van der Waals surface area contributed by atoms with Crippen molar-refractivity contribution in [3.05, 3.63) is 28.8 Å². The van der Waals surface area contributed by atoms with E-state index in [4.69, 9.17) is 21.1 Å². The van der Waals surface area contributed by atoms with Crippen molar-refractivity contribution in [2.24, 2.45) is 0 Å². The molecule has 2 heterocycles. The standard InChI is InChI=1S/C16H18ClNO4/c1-21-10-15(20)18-6-4-16(5-7-18)9-13(19)12-8-11(17)2-3-14(12)22-16/h2-3,8H,4-7,9-10H2,1H3. The number of amides is 1. The largest absolute Gasteiger partial charge is 0.486 e. The molecule has 5 nitrogen and oxygen atoms in total.